The van der Waals surface area contributed by atoms with Gasteiger partial charge in [0.15, 0.2) is 11.5 Å². The molecule has 0 radical (unpaired) electrons. The van der Waals surface area contributed by atoms with Crippen molar-refractivity contribution in [1.82, 2.24) is 5.32 Å². The van der Waals surface area contributed by atoms with Crippen molar-refractivity contribution in [3.8, 4) is 11.5 Å². The Hall–Kier alpha value is -1.71. The van der Waals surface area contributed by atoms with Gasteiger partial charge in [-0.2, -0.15) is 0 Å². The molecule has 0 spiro atoms. The first-order chi connectivity index (χ1) is 9.21. The Kier molecular flexibility index (Phi) is 3.09. The lowest BCUT2D eigenvalue weighted by atomic mass is 9.87. The highest BCUT2D eigenvalue weighted by atomic mass is 16.6. The average Bonchev–Trinajstić information content (AvgIpc) is 2.80. The van der Waals surface area contributed by atoms with Crippen molar-refractivity contribution in [2.45, 2.75) is 38.1 Å². The summed E-state index contributed by atoms with van der Waals surface area (Å²) in [6, 6.07) is 6.07. The molecule has 2 aliphatic heterocycles. The average molecular weight is 261 g/mol. The van der Waals surface area contributed by atoms with Gasteiger partial charge in [-0.25, -0.2) is 0 Å². The predicted octanol–water partition coefficient (Wildman–Crippen LogP) is 2.06. The third-order valence-electron chi connectivity index (χ3n) is 4.06. The molecular weight excluding hydrogens is 242 g/mol. The number of amides is 1. The molecular formula is C15H19NO3. The van der Waals surface area contributed by atoms with E-state index in [1.165, 1.54) is 5.56 Å². The molecule has 0 saturated carbocycles. The van der Waals surface area contributed by atoms with Crippen molar-refractivity contribution >= 4 is 5.91 Å². The minimum absolute atomic E-state index is 0.0825. The molecule has 0 aromatic heterocycles. The quantitative estimate of drug-likeness (QED) is 0.906. The van der Waals surface area contributed by atoms with E-state index in [4.69, 9.17) is 9.47 Å². The molecule has 1 N–H and O–H groups in total. The lowest BCUT2D eigenvalue weighted by Crippen LogP contribution is -2.42. The highest BCUT2D eigenvalue weighted by Gasteiger charge is 2.36. The molecule has 4 nitrogen and oxygen atoms in total. The molecule has 0 aliphatic carbocycles. The summed E-state index contributed by atoms with van der Waals surface area (Å²) in [6.45, 7) is 3.34. The molecule has 3 rings (SSSR count). The maximum absolute atomic E-state index is 11.5. The highest BCUT2D eigenvalue weighted by molar-refractivity contribution is 5.79. The van der Waals surface area contributed by atoms with E-state index in [0.29, 0.717) is 19.6 Å². The van der Waals surface area contributed by atoms with E-state index in [2.05, 4.69) is 18.3 Å². The first-order valence-electron chi connectivity index (χ1n) is 6.90. The number of nitrogens with one attached hydrogen (secondary N) is 1. The van der Waals surface area contributed by atoms with Crippen LogP contribution in [0.3, 0.4) is 0 Å². The topological polar surface area (TPSA) is 47.6 Å². The van der Waals surface area contributed by atoms with E-state index in [1.54, 1.807) is 0 Å². The largest absolute Gasteiger partial charge is 0.486 e. The van der Waals surface area contributed by atoms with Gasteiger partial charge in [0.2, 0.25) is 5.91 Å². The van der Waals surface area contributed by atoms with Crippen LogP contribution in [0.4, 0.5) is 0 Å². The van der Waals surface area contributed by atoms with E-state index in [-0.39, 0.29) is 11.4 Å². The van der Waals surface area contributed by atoms with E-state index in [9.17, 15) is 4.79 Å². The van der Waals surface area contributed by atoms with Gasteiger partial charge >= 0.3 is 0 Å². The number of fused-ring (bicyclic) bond motifs is 1. The second-order valence-electron chi connectivity index (χ2n) is 5.34. The van der Waals surface area contributed by atoms with Crippen LogP contribution in [-0.2, 0) is 11.2 Å². The smallest absolute Gasteiger partial charge is 0.220 e. The summed E-state index contributed by atoms with van der Waals surface area (Å²) in [6.07, 6.45) is 3.36. The van der Waals surface area contributed by atoms with E-state index >= 15 is 0 Å². The zero-order valence-corrected chi connectivity index (χ0v) is 11.2. The monoisotopic (exact) mass is 261 g/mol. The summed E-state index contributed by atoms with van der Waals surface area (Å²) in [4.78, 5) is 11.5. The molecule has 19 heavy (non-hydrogen) atoms. The first-order valence-corrected chi connectivity index (χ1v) is 6.90. The number of hydrogen-bond donors (Lipinski definition) is 1. The summed E-state index contributed by atoms with van der Waals surface area (Å²) >= 11 is 0. The second-order valence-corrected chi connectivity index (χ2v) is 5.34. The van der Waals surface area contributed by atoms with Crippen molar-refractivity contribution < 1.29 is 14.3 Å². The fourth-order valence-corrected chi connectivity index (χ4v) is 2.88. The number of rotatable bonds is 3. The minimum atomic E-state index is -0.0825. The molecule has 2 aliphatic rings. The Bertz CT molecular complexity index is 500. The van der Waals surface area contributed by atoms with Crippen LogP contribution < -0.4 is 14.8 Å². The van der Waals surface area contributed by atoms with E-state index in [0.717, 1.165) is 30.8 Å². The van der Waals surface area contributed by atoms with Crippen molar-refractivity contribution in [2.24, 2.45) is 0 Å². The fourth-order valence-electron chi connectivity index (χ4n) is 2.88. The molecule has 1 saturated heterocycles. The SMILES string of the molecule is CCC1(Cc2ccc3c(c2)OCCO3)CCC(=O)N1. The van der Waals surface area contributed by atoms with Gasteiger partial charge in [0.25, 0.3) is 0 Å². The fraction of sp³-hybridized carbons (Fsp3) is 0.533. The molecule has 4 heteroatoms. The van der Waals surface area contributed by atoms with Crippen LogP contribution in [0.25, 0.3) is 0 Å². The van der Waals surface area contributed by atoms with Crippen LogP contribution in [0.15, 0.2) is 18.2 Å². The van der Waals surface area contributed by atoms with Crippen LogP contribution in [-0.4, -0.2) is 24.7 Å². The summed E-state index contributed by atoms with van der Waals surface area (Å²) in [7, 11) is 0. The third-order valence-corrected chi connectivity index (χ3v) is 4.06. The van der Waals surface area contributed by atoms with Gasteiger partial charge in [0.05, 0.1) is 0 Å². The van der Waals surface area contributed by atoms with Gasteiger partial charge in [0.1, 0.15) is 13.2 Å². The van der Waals surface area contributed by atoms with Crippen molar-refractivity contribution in [3.63, 3.8) is 0 Å². The molecule has 2 heterocycles. The lowest BCUT2D eigenvalue weighted by molar-refractivity contribution is -0.119. The molecule has 102 valence electrons. The summed E-state index contributed by atoms with van der Waals surface area (Å²) < 4.78 is 11.1. The van der Waals surface area contributed by atoms with Crippen LogP contribution in [0.1, 0.15) is 31.7 Å². The zero-order valence-electron chi connectivity index (χ0n) is 11.2. The predicted molar refractivity (Wildman–Crippen MR) is 71.5 cm³/mol. The highest BCUT2D eigenvalue weighted by Crippen LogP contribution is 2.34. The zero-order chi connectivity index (χ0) is 13.3. The lowest BCUT2D eigenvalue weighted by Gasteiger charge is -2.28. The maximum atomic E-state index is 11.5. The number of ether oxygens (including phenoxy) is 2. The number of hydrogen-bond acceptors (Lipinski definition) is 3. The Balaban J connectivity index is 1.81. The van der Waals surface area contributed by atoms with Gasteiger partial charge in [0, 0.05) is 12.0 Å². The van der Waals surface area contributed by atoms with E-state index < -0.39 is 0 Å². The van der Waals surface area contributed by atoms with Gasteiger partial charge in [-0.3, -0.25) is 4.79 Å². The van der Waals surface area contributed by atoms with Crippen LogP contribution in [0, 0.1) is 0 Å². The van der Waals surface area contributed by atoms with Crippen molar-refractivity contribution in [3.05, 3.63) is 23.8 Å². The Labute approximate surface area is 113 Å². The van der Waals surface area contributed by atoms with Gasteiger partial charge in [-0.05, 0) is 37.0 Å². The Morgan fingerprint density at radius 2 is 2.05 bits per heavy atom. The van der Waals surface area contributed by atoms with Gasteiger partial charge < -0.3 is 14.8 Å². The minimum Gasteiger partial charge on any atom is -0.486 e. The molecule has 1 unspecified atom stereocenters. The number of benzene rings is 1. The maximum Gasteiger partial charge on any atom is 0.220 e. The first kappa shape index (κ1) is 12.3. The number of carbonyl (C=O) groups is 1. The molecule has 1 fully saturated rings. The summed E-state index contributed by atoms with van der Waals surface area (Å²) in [5.74, 6) is 1.80. The van der Waals surface area contributed by atoms with Crippen molar-refractivity contribution in [1.29, 1.82) is 0 Å². The van der Waals surface area contributed by atoms with Crippen molar-refractivity contribution in [2.75, 3.05) is 13.2 Å². The van der Waals surface area contributed by atoms with Crippen LogP contribution >= 0.6 is 0 Å². The summed E-state index contributed by atoms with van der Waals surface area (Å²) in [5, 5.41) is 3.13. The number of carbonyl (C=O) groups excluding carboxylic acids is 1. The van der Waals surface area contributed by atoms with Crippen LogP contribution in [0.5, 0.6) is 11.5 Å². The van der Waals surface area contributed by atoms with Crippen LogP contribution in [0.2, 0.25) is 0 Å². The molecule has 1 atom stereocenters. The van der Waals surface area contributed by atoms with Gasteiger partial charge in [-0.1, -0.05) is 13.0 Å². The molecule has 0 bridgehead atoms. The normalized spacial score (nSPS) is 25.2. The third kappa shape index (κ3) is 2.39. The summed E-state index contributed by atoms with van der Waals surface area (Å²) in [5.41, 5.74) is 1.11. The van der Waals surface area contributed by atoms with Gasteiger partial charge in [-0.15, -0.1) is 0 Å². The van der Waals surface area contributed by atoms with E-state index in [1.807, 2.05) is 12.1 Å². The molecule has 1 aromatic rings. The Morgan fingerprint density at radius 3 is 2.74 bits per heavy atom. The second kappa shape index (κ2) is 4.76. The molecule has 1 aromatic carbocycles. The standard InChI is InChI=1S/C15H19NO3/c1-2-15(6-5-14(17)16-15)10-11-3-4-12-13(9-11)19-8-7-18-12/h3-4,9H,2,5-8,10H2,1H3,(H,16,17). The Morgan fingerprint density at radius 1 is 1.26 bits per heavy atom. The molecule has 1 amide bonds.